The van der Waals surface area contributed by atoms with E-state index in [0.717, 1.165) is 29.1 Å². The minimum atomic E-state index is -4.26. The van der Waals surface area contributed by atoms with E-state index in [-0.39, 0.29) is 12.6 Å². The van der Waals surface area contributed by atoms with Crippen LogP contribution in [0.5, 0.6) is 5.75 Å². The summed E-state index contributed by atoms with van der Waals surface area (Å²) in [4.78, 5) is 7.85. The van der Waals surface area contributed by atoms with Crippen molar-refractivity contribution >= 4 is 15.7 Å². The Bertz CT molecular complexity index is 1220. The van der Waals surface area contributed by atoms with E-state index in [1.807, 2.05) is 30.3 Å². The Kier molecular flexibility index (Phi) is 7.40. The molecule has 1 aromatic heterocycles. The summed E-state index contributed by atoms with van der Waals surface area (Å²) in [5.41, 5.74) is 1.83. The molecule has 4 rings (SSSR count). The highest BCUT2D eigenvalue weighted by Crippen LogP contribution is 2.30. The highest BCUT2D eigenvalue weighted by atomic mass is 32.2. The molecule has 180 valence electrons. The minimum Gasteiger partial charge on any atom is -0.495 e. The number of hydrogen-bond acceptors (Lipinski definition) is 6. The molecule has 34 heavy (non-hydrogen) atoms. The molecule has 0 spiro atoms. The summed E-state index contributed by atoms with van der Waals surface area (Å²) in [6.07, 6.45) is 3.33. The molecule has 0 unspecified atom stereocenters. The molecule has 1 aliphatic rings. The molecule has 2 heterocycles. The Balaban J connectivity index is 1.51. The van der Waals surface area contributed by atoms with Crippen molar-refractivity contribution in [2.75, 3.05) is 44.7 Å². The maximum Gasteiger partial charge on any atom is 0.243 e. The van der Waals surface area contributed by atoms with E-state index >= 15 is 0 Å². The Morgan fingerprint density at radius 2 is 1.82 bits per heavy atom. The van der Waals surface area contributed by atoms with Gasteiger partial charge in [-0.2, -0.15) is 0 Å². The zero-order valence-corrected chi connectivity index (χ0v) is 19.5. The second-order valence-electron chi connectivity index (χ2n) is 7.92. The van der Waals surface area contributed by atoms with Gasteiger partial charge in [0.15, 0.2) is 0 Å². The number of methoxy groups -OCH3 is 1. The van der Waals surface area contributed by atoms with Crippen LogP contribution in [0.25, 0.3) is 0 Å². The van der Waals surface area contributed by atoms with Crippen LogP contribution in [0.15, 0.2) is 71.9 Å². The van der Waals surface area contributed by atoms with Crippen LogP contribution in [-0.2, 0) is 10.0 Å². The predicted octanol–water partition coefficient (Wildman–Crippen LogP) is 3.21. The number of piperazine rings is 1. The van der Waals surface area contributed by atoms with Crippen molar-refractivity contribution in [3.8, 4) is 5.75 Å². The lowest BCUT2D eigenvalue weighted by molar-refractivity contribution is 0.186. The molecule has 1 aliphatic heterocycles. The van der Waals surface area contributed by atoms with Crippen molar-refractivity contribution in [1.82, 2.24) is 14.6 Å². The Hall–Kier alpha value is -3.08. The normalized spacial score (nSPS) is 15.8. The topological polar surface area (TPSA) is 74.8 Å². The number of rotatable bonds is 8. The van der Waals surface area contributed by atoms with Gasteiger partial charge in [0.05, 0.1) is 18.8 Å². The van der Waals surface area contributed by atoms with Crippen LogP contribution in [0.1, 0.15) is 11.6 Å². The zero-order valence-electron chi connectivity index (χ0n) is 18.7. The number of benzene rings is 2. The second kappa shape index (κ2) is 10.5. The van der Waals surface area contributed by atoms with Gasteiger partial charge in [-0.15, -0.1) is 0 Å². The summed E-state index contributed by atoms with van der Waals surface area (Å²) >= 11 is 0. The third-order valence-electron chi connectivity index (χ3n) is 5.90. The average molecular weight is 489 g/mol. The van der Waals surface area contributed by atoms with Gasteiger partial charge in [-0.05, 0) is 42.0 Å². The minimum absolute atomic E-state index is 0.0152. The molecule has 0 amide bonds. The largest absolute Gasteiger partial charge is 0.495 e. The lowest BCUT2D eigenvalue weighted by atomic mass is 10.1. The first-order valence-corrected chi connectivity index (χ1v) is 12.3. The Labute approximate surface area is 198 Å². The monoisotopic (exact) mass is 488 g/mol. The molecule has 0 saturated carbocycles. The van der Waals surface area contributed by atoms with Crippen LogP contribution >= 0.6 is 0 Å². The number of para-hydroxylation sites is 2. The molecule has 0 bridgehead atoms. The summed E-state index contributed by atoms with van der Waals surface area (Å²) in [6, 6.07) is 13.5. The van der Waals surface area contributed by atoms with Crippen LogP contribution in [0.4, 0.5) is 14.5 Å². The highest BCUT2D eigenvalue weighted by molar-refractivity contribution is 7.89. The Morgan fingerprint density at radius 3 is 2.53 bits per heavy atom. The number of nitrogens with zero attached hydrogens (tertiary/aromatic N) is 3. The number of nitrogens with one attached hydrogen (secondary N) is 1. The standard InChI is InChI=1S/C24H26F2N4O3S/c1-33-23-7-3-2-6-21(23)29-11-13-30(14-12-29)22(18-5-4-10-27-16-18)17-28-34(31,32)24-15-19(25)8-9-20(24)26/h2-10,15-16,22,28H,11-14,17H2,1H3/t22-/m1/s1. The molecular formula is C24H26F2N4O3S. The lowest BCUT2D eigenvalue weighted by Gasteiger charge is -2.40. The van der Waals surface area contributed by atoms with Gasteiger partial charge >= 0.3 is 0 Å². The van der Waals surface area contributed by atoms with E-state index in [4.69, 9.17) is 4.74 Å². The van der Waals surface area contributed by atoms with Gasteiger partial charge in [-0.3, -0.25) is 9.88 Å². The fourth-order valence-corrected chi connectivity index (χ4v) is 5.27. The number of sulfonamides is 1. The molecular weight excluding hydrogens is 462 g/mol. The number of pyridine rings is 1. The van der Waals surface area contributed by atoms with Gasteiger partial charge < -0.3 is 9.64 Å². The van der Waals surface area contributed by atoms with E-state index in [1.165, 1.54) is 0 Å². The smallest absolute Gasteiger partial charge is 0.243 e. The number of anilines is 1. The van der Waals surface area contributed by atoms with Gasteiger partial charge in [0.1, 0.15) is 22.3 Å². The first-order valence-electron chi connectivity index (χ1n) is 10.9. The molecule has 7 nitrogen and oxygen atoms in total. The van der Waals surface area contributed by atoms with Crippen molar-refractivity contribution in [1.29, 1.82) is 0 Å². The van der Waals surface area contributed by atoms with Crippen molar-refractivity contribution in [2.24, 2.45) is 0 Å². The van der Waals surface area contributed by atoms with Crippen LogP contribution in [-0.4, -0.2) is 58.1 Å². The fraction of sp³-hybridized carbons (Fsp3) is 0.292. The zero-order chi connectivity index (χ0) is 24.1. The van der Waals surface area contributed by atoms with Gasteiger partial charge in [-0.1, -0.05) is 18.2 Å². The molecule has 0 radical (unpaired) electrons. The third-order valence-corrected chi connectivity index (χ3v) is 7.34. The summed E-state index contributed by atoms with van der Waals surface area (Å²) in [6.45, 7) is 2.73. The van der Waals surface area contributed by atoms with E-state index in [0.29, 0.717) is 32.2 Å². The molecule has 3 aromatic rings. The average Bonchev–Trinajstić information content (AvgIpc) is 2.86. The number of hydrogen-bond donors (Lipinski definition) is 1. The maximum absolute atomic E-state index is 14.1. The SMILES string of the molecule is COc1ccccc1N1CCN([C@H](CNS(=O)(=O)c2cc(F)ccc2F)c2cccnc2)CC1. The molecule has 1 atom stereocenters. The van der Waals surface area contributed by atoms with Gasteiger partial charge in [0.2, 0.25) is 10.0 Å². The highest BCUT2D eigenvalue weighted by Gasteiger charge is 2.29. The Morgan fingerprint density at radius 1 is 1.06 bits per heavy atom. The maximum atomic E-state index is 14.1. The van der Waals surface area contributed by atoms with Crippen molar-refractivity contribution < 1.29 is 21.9 Å². The van der Waals surface area contributed by atoms with Crippen molar-refractivity contribution in [3.63, 3.8) is 0 Å². The summed E-state index contributed by atoms with van der Waals surface area (Å²) < 4.78 is 61.1. The van der Waals surface area contributed by atoms with Gasteiger partial charge in [-0.25, -0.2) is 21.9 Å². The van der Waals surface area contributed by atoms with Crippen LogP contribution in [0, 0.1) is 11.6 Å². The van der Waals surface area contributed by atoms with Crippen molar-refractivity contribution in [3.05, 3.63) is 84.2 Å². The van der Waals surface area contributed by atoms with Gasteiger partial charge in [0, 0.05) is 45.1 Å². The first kappa shape index (κ1) is 24.1. The predicted molar refractivity (Wildman–Crippen MR) is 125 cm³/mol. The van der Waals surface area contributed by atoms with E-state index in [2.05, 4.69) is 19.5 Å². The van der Waals surface area contributed by atoms with E-state index < -0.39 is 26.6 Å². The number of ether oxygens (including phenoxy) is 1. The molecule has 1 fully saturated rings. The quantitative estimate of drug-likeness (QED) is 0.525. The third kappa shape index (κ3) is 5.35. The number of halogens is 2. The van der Waals surface area contributed by atoms with E-state index in [9.17, 15) is 17.2 Å². The lowest BCUT2D eigenvalue weighted by Crippen LogP contribution is -2.50. The molecule has 1 saturated heterocycles. The second-order valence-corrected chi connectivity index (χ2v) is 9.66. The van der Waals surface area contributed by atoms with Crippen LogP contribution < -0.4 is 14.4 Å². The molecule has 10 heteroatoms. The molecule has 2 aromatic carbocycles. The summed E-state index contributed by atoms with van der Waals surface area (Å²) in [5.74, 6) is -1.03. The first-order chi connectivity index (χ1) is 16.4. The van der Waals surface area contributed by atoms with E-state index in [1.54, 1.807) is 25.6 Å². The molecule has 0 aliphatic carbocycles. The summed E-state index contributed by atoms with van der Waals surface area (Å²) in [7, 11) is -2.62. The van der Waals surface area contributed by atoms with Crippen LogP contribution in [0.3, 0.4) is 0 Å². The van der Waals surface area contributed by atoms with Crippen LogP contribution in [0.2, 0.25) is 0 Å². The number of aromatic nitrogens is 1. The van der Waals surface area contributed by atoms with Gasteiger partial charge in [0.25, 0.3) is 0 Å². The fourth-order valence-electron chi connectivity index (χ4n) is 4.15. The summed E-state index contributed by atoms with van der Waals surface area (Å²) in [5, 5.41) is 0. The van der Waals surface area contributed by atoms with Crippen molar-refractivity contribution in [2.45, 2.75) is 10.9 Å². The molecule has 1 N–H and O–H groups in total.